The Kier molecular flexibility index (Phi) is 16.4. The van der Waals surface area contributed by atoms with Gasteiger partial charge in [-0.15, -0.1) is 21.5 Å². The maximum absolute atomic E-state index is 15.3. The Morgan fingerprint density at radius 2 is 1.92 bits per heavy atom. The first-order valence-corrected chi connectivity index (χ1v) is 26.3. The highest BCUT2D eigenvalue weighted by atomic mass is 32.1. The molecule has 62 heavy (non-hydrogen) atoms. The Labute approximate surface area is 372 Å². The molecule has 332 valence electrons. The second kappa shape index (κ2) is 21.7. The molecule has 0 amide bonds. The Balaban J connectivity index is 1.23. The fraction of sp³-hybridized carbons (Fsp3) is 0.489. The summed E-state index contributed by atoms with van der Waals surface area (Å²) in [4.78, 5) is 28.3. The molecule has 0 N–H and O–H groups in total. The lowest BCUT2D eigenvalue weighted by atomic mass is 10.1. The third-order valence-electron chi connectivity index (χ3n) is 9.86. The average Bonchev–Trinajstić information content (AvgIpc) is 3.86. The van der Waals surface area contributed by atoms with Crippen molar-refractivity contribution in [2.75, 3.05) is 59.0 Å². The smallest absolute Gasteiger partial charge is 0.358 e. The molecule has 4 heterocycles. The number of aryl methyl sites for hydroxylation is 1. The summed E-state index contributed by atoms with van der Waals surface area (Å²) in [6.07, 6.45) is 1.45. The Hall–Kier alpha value is -4.54. The summed E-state index contributed by atoms with van der Waals surface area (Å²) in [5.74, 6) is 6.04. The zero-order valence-corrected chi connectivity index (χ0v) is 39.8. The molecule has 1 saturated heterocycles. The minimum Gasteiger partial charge on any atom is -0.488 e. The van der Waals surface area contributed by atoms with Crippen molar-refractivity contribution in [3.63, 3.8) is 0 Å². The van der Waals surface area contributed by atoms with Crippen LogP contribution in [-0.4, -0.2) is 111 Å². The van der Waals surface area contributed by atoms with Gasteiger partial charge in [0.2, 0.25) is 0 Å². The lowest BCUT2D eigenvalue weighted by Gasteiger charge is -2.23. The van der Waals surface area contributed by atoms with Crippen LogP contribution in [0.2, 0.25) is 25.7 Å². The van der Waals surface area contributed by atoms with Crippen LogP contribution in [0.5, 0.6) is 5.75 Å². The molecule has 0 saturated carbocycles. The van der Waals surface area contributed by atoms with Crippen LogP contribution in [0.15, 0.2) is 53.5 Å². The lowest BCUT2D eigenvalue weighted by Crippen LogP contribution is -2.29. The van der Waals surface area contributed by atoms with Crippen LogP contribution in [0, 0.1) is 24.6 Å². The first-order chi connectivity index (χ1) is 29.7. The molecule has 6 rings (SSSR count). The maximum Gasteiger partial charge on any atom is 0.358 e. The van der Waals surface area contributed by atoms with Gasteiger partial charge in [0.05, 0.1) is 48.3 Å². The number of benzene rings is 2. The van der Waals surface area contributed by atoms with E-state index >= 15 is 4.39 Å². The Morgan fingerprint density at radius 1 is 1.13 bits per heavy atom. The molecular weight excluding hydrogens is 846 g/mol. The van der Waals surface area contributed by atoms with Gasteiger partial charge < -0.3 is 28.6 Å². The first-order valence-electron chi connectivity index (χ1n) is 21.0. The van der Waals surface area contributed by atoms with Gasteiger partial charge in [-0.2, -0.15) is 4.99 Å². The molecule has 3 aromatic heterocycles. The zero-order valence-electron chi connectivity index (χ0n) is 37.2. The molecule has 2 aromatic carbocycles. The number of rotatable bonds is 21. The maximum atomic E-state index is 15.3. The normalized spacial score (nSPS) is 15.1. The molecule has 5 aromatic rings. The number of nitrogens with zero attached hydrogens (tertiary/aromatic N) is 7. The molecule has 13 nitrogen and oxygen atoms in total. The van der Waals surface area contributed by atoms with Gasteiger partial charge in [-0.25, -0.2) is 14.2 Å². The predicted molar refractivity (Wildman–Crippen MR) is 246 cm³/mol. The van der Waals surface area contributed by atoms with Gasteiger partial charge in [0, 0.05) is 38.6 Å². The minimum atomic E-state index is -1.24. The number of esters is 1. The van der Waals surface area contributed by atoms with E-state index in [2.05, 4.69) is 58.4 Å². The largest absolute Gasteiger partial charge is 0.488 e. The van der Waals surface area contributed by atoms with E-state index in [-0.39, 0.29) is 43.3 Å². The highest BCUT2D eigenvalue weighted by Gasteiger charge is 2.28. The van der Waals surface area contributed by atoms with Crippen LogP contribution in [0.25, 0.3) is 10.2 Å². The SMILES string of the molecule is CCOC(=O)c1nc(N(C)c2cc(C)c(N=c3sc4ccccc4n3COCC[Si](C)(C)C)nn2)sc1CC(COc1ccc(C#CCN(C)C)cc1F)OC(C)CCC1CO1. The van der Waals surface area contributed by atoms with Crippen LogP contribution < -0.4 is 14.4 Å². The number of thiazole rings is 2. The summed E-state index contributed by atoms with van der Waals surface area (Å²) in [7, 11) is 4.43. The molecule has 17 heteroatoms. The number of hydrogen-bond acceptors (Lipinski definition) is 14. The van der Waals surface area contributed by atoms with E-state index in [1.54, 1.807) is 35.3 Å². The molecule has 3 atom stereocenters. The van der Waals surface area contributed by atoms with Gasteiger partial charge in [-0.3, -0.25) is 9.47 Å². The minimum absolute atomic E-state index is 0.0260. The third-order valence-corrected chi connectivity index (χ3v) is 13.8. The summed E-state index contributed by atoms with van der Waals surface area (Å²) in [6, 6.07) is 15.8. The van der Waals surface area contributed by atoms with Gasteiger partial charge >= 0.3 is 5.97 Å². The Morgan fingerprint density at radius 3 is 2.63 bits per heavy atom. The molecule has 0 aliphatic carbocycles. The quantitative estimate of drug-likeness (QED) is 0.0232. The molecule has 1 aliphatic heterocycles. The molecule has 0 spiro atoms. The van der Waals surface area contributed by atoms with E-state index in [0.717, 1.165) is 46.1 Å². The molecule has 1 aliphatic rings. The van der Waals surface area contributed by atoms with Crippen molar-refractivity contribution in [2.45, 2.75) is 90.8 Å². The summed E-state index contributed by atoms with van der Waals surface area (Å²) >= 11 is 2.90. The van der Waals surface area contributed by atoms with E-state index < -0.39 is 26.0 Å². The topological polar surface area (TPSA) is 129 Å². The second-order valence-corrected chi connectivity index (χ2v) is 24.5. The summed E-state index contributed by atoms with van der Waals surface area (Å²) < 4.78 is 48.1. The lowest BCUT2D eigenvalue weighted by molar-refractivity contribution is -0.0297. The first kappa shape index (κ1) is 46.9. The fourth-order valence-corrected chi connectivity index (χ4v) is 9.11. The van der Waals surface area contributed by atoms with Crippen LogP contribution >= 0.6 is 22.7 Å². The number of anilines is 2. The number of carbonyl (C=O) groups is 1. The van der Waals surface area contributed by atoms with Crippen molar-refractivity contribution < 1.29 is 32.9 Å². The van der Waals surface area contributed by atoms with Gasteiger partial charge in [0.15, 0.2) is 38.8 Å². The number of aromatic nitrogens is 4. The molecule has 1 fully saturated rings. The van der Waals surface area contributed by atoms with E-state index in [4.69, 9.17) is 33.7 Å². The summed E-state index contributed by atoms with van der Waals surface area (Å²) in [6.45, 7) is 15.3. The standard InChI is InChI=1S/C45H58FN7O6S2Si/c1-10-56-43(54)41-39(26-34(59-31(3)17-19-33-27-57-33)28-58-37-20-18-32(25-35(37)46)14-13-21-51(4)5)61-44(47-41)52(6)40-24-30(2)42(50-49-40)48-45-53(29-55-22-23-62(7,8)9)36-15-11-12-16-38(36)60-45/h11-12,15-16,18,20,24-25,31,33-34H,10,17,19,21-23,26-29H2,1-9H3. The van der Waals surface area contributed by atoms with E-state index in [1.165, 1.54) is 17.4 Å². The van der Waals surface area contributed by atoms with Crippen LogP contribution in [0.3, 0.4) is 0 Å². The number of epoxide rings is 1. The number of para-hydroxylation sites is 1. The average molecular weight is 904 g/mol. The highest BCUT2D eigenvalue weighted by Crippen LogP contribution is 2.33. The van der Waals surface area contributed by atoms with Gasteiger partial charge in [0.25, 0.3) is 0 Å². The molecule has 0 radical (unpaired) electrons. The van der Waals surface area contributed by atoms with Gasteiger partial charge in [0.1, 0.15) is 13.3 Å². The van der Waals surface area contributed by atoms with Gasteiger partial charge in [-0.1, -0.05) is 55.0 Å². The number of fused-ring (bicyclic) bond motifs is 1. The molecular formula is C45H58FN7O6S2Si. The van der Waals surface area contributed by atoms with E-state index in [9.17, 15) is 4.79 Å². The second-order valence-electron chi connectivity index (χ2n) is 16.8. The number of carbonyl (C=O) groups excluding carboxylic acids is 1. The van der Waals surface area contributed by atoms with E-state index in [1.807, 2.05) is 58.1 Å². The number of ether oxygens (including phenoxy) is 5. The van der Waals surface area contributed by atoms with Crippen molar-refractivity contribution in [2.24, 2.45) is 4.99 Å². The van der Waals surface area contributed by atoms with Crippen molar-refractivity contribution >= 4 is 63.7 Å². The highest BCUT2D eigenvalue weighted by molar-refractivity contribution is 7.16. The van der Waals surface area contributed by atoms with Gasteiger partial charge in [-0.05, 0) is 95.7 Å². The van der Waals surface area contributed by atoms with Crippen molar-refractivity contribution in [1.29, 1.82) is 0 Å². The summed E-state index contributed by atoms with van der Waals surface area (Å²) in [5.41, 5.74) is 2.59. The summed E-state index contributed by atoms with van der Waals surface area (Å²) in [5, 5.41) is 9.63. The van der Waals surface area contributed by atoms with Crippen LogP contribution in [-0.2, 0) is 32.1 Å². The zero-order chi connectivity index (χ0) is 44.4. The molecule has 0 bridgehead atoms. The third kappa shape index (κ3) is 13.5. The number of halogens is 1. The van der Waals surface area contributed by atoms with Crippen molar-refractivity contribution in [3.8, 4) is 17.6 Å². The molecule has 3 unspecified atom stereocenters. The van der Waals surface area contributed by atoms with Crippen molar-refractivity contribution in [3.05, 3.63) is 80.8 Å². The predicted octanol–water partition coefficient (Wildman–Crippen LogP) is 8.37. The van der Waals surface area contributed by atoms with Crippen LogP contribution in [0.1, 0.15) is 53.2 Å². The number of hydrogen-bond donors (Lipinski definition) is 0. The van der Waals surface area contributed by atoms with Crippen molar-refractivity contribution in [1.82, 2.24) is 24.6 Å². The van der Waals surface area contributed by atoms with Crippen LogP contribution in [0.4, 0.5) is 21.2 Å². The fourth-order valence-electron chi connectivity index (χ4n) is 6.26. The monoisotopic (exact) mass is 903 g/mol. The van der Waals surface area contributed by atoms with E-state index in [0.29, 0.717) is 47.1 Å². The Bertz CT molecular complexity index is 2430.